The number of ether oxygens (including phenoxy) is 1. The van der Waals surface area contributed by atoms with Crippen molar-refractivity contribution in [3.63, 3.8) is 0 Å². The zero-order valence-corrected chi connectivity index (χ0v) is 16.8. The number of pyridine rings is 2. The van der Waals surface area contributed by atoms with Gasteiger partial charge < -0.3 is 4.74 Å². The Morgan fingerprint density at radius 2 is 1.94 bits per heavy atom. The molecule has 0 aliphatic carbocycles. The third kappa shape index (κ3) is 3.48. The number of nitrogens with zero attached hydrogens (tertiary/aromatic N) is 3. The summed E-state index contributed by atoms with van der Waals surface area (Å²) in [5.41, 5.74) is 7.71. The van der Waals surface area contributed by atoms with Crippen molar-refractivity contribution in [2.24, 2.45) is 5.73 Å². The van der Waals surface area contributed by atoms with Crippen molar-refractivity contribution in [3.05, 3.63) is 77.7 Å². The van der Waals surface area contributed by atoms with E-state index in [1.165, 1.54) is 11.0 Å². The van der Waals surface area contributed by atoms with Crippen LogP contribution in [0.2, 0.25) is 0 Å². The molecule has 1 unspecified atom stereocenters. The van der Waals surface area contributed by atoms with E-state index < -0.39 is 12.2 Å². The van der Waals surface area contributed by atoms with Gasteiger partial charge in [0.2, 0.25) is 5.54 Å². The second-order valence-corrected chi connectivity index (χ2v) is 7.15. The molecule has 3 N–H and O–H groups in total. The maximum atomic E-state index is 13.4. The molecule has 1 amide bonds. The van der Waals surface area contributed by atoms with Gasteiger partial charge in [-0.05, 0) is 48.9 Å². The summed E-state index contributed by atoms with van der Waals surface area (Å²) >= 11 is 0. The largest absolute Gasteiger partial charge is 0.435 e. The van der Waals surface area contributed by atoms with Gasteiger partial charge in [-0.1, -0.05) is 6.07 Å². The van der Waals surface area contributed by atoms with Crippen molar-refractivity contribution < 1.29 is 23.3 Å². The summed E-state index contributed by atoms with van der Waals surface area (Å²) in [5, 5.41) is 0. The summed E-state index contributed by atoms with van der Waals surface area (Å²) in [6.45, 7) is -1.30. The van der Waals surface area contributed by atoms with Crippen molar-refractivity contribution in [1.82, 2.24) is 14.9 Å². The lowest BCUT2D eigenvalue weighted by atomic mass is 9.82. The van der Waals surface area contributed by atoms with Gasteiger partial charge in [0.15, 0.2) is 0 Å². The molecule has 158 valence electrons. The minimum Gasteiger partial charge on any atom is -0.435 e. The van der Waals surface area contributed by atoms with Crippen molar-refractivity contribution in [1.29, 1.82) is 0 Å². The van der Waals surface area contributed by atoms with Crippen molar-refractivity contribution in [2.45, 2.75) is 19.1 Å². The van der Waals surface area contributed by atoms with Gasteiger partial charge in [0.25, 0.3) is 0 Å². The second kappa shape index (κ2) is 7.75. The third-order valence-corrected chi connectivity index (χ3v) is 5.28. The van der Waals surface area contributed by atoms with E-state index in [9.17, 15) is 13.6 Å². The number of carbonyl (C=O) groups is 1. The quantitative estimate of drug-likeness (QED) is 0.641. The maximum Gasteiger partial charge on any atom is 0.387 e. The monoisotopic (exact) mass is 424 g/mol. The molecule has 0 saturated carbocycles. The van der Waals surface area contributed by atoms with Gasteiger partial charge in [0.05, 0.1) is 12.7 Å². The van der Waals surface area contributed by atoms with Crippen LogP contribution in [-0.2, 0) is 10.3 Å². The number of aryl methyl sites for hydroxylation is 1. The summed E-state index contributed by atoms with van der Waals surface area (Å²) in [7, 11) is 1.57. The fraction of sp³-hybridized carbons (Fsp3) is 0.182. The number of likely N-dealkylation sites (N-methyl/N-ethyl adjacent to an activating group) is 1. The first kappa shape index (κ1) is 20.4. The Morgan fingerprint density at radius 1 is 1.16 bits per heavy atom. The van der Waals surface area contributed by atoms with Gasteiger partial charge in [-0.2, -0.15) is 8.78 Å². The van der Waals surface area contributed by atoms with Gasteiger partial charge in [0.1, 0.15) is 5.75 Å². The zero-order chi connectivity index (χ0) is 22.2. The fourth-order valence-electron chi connectivity index (χ4n) is 3.70. The molecule has 3 heterocycles. The van der Waals surface area contributed by atoms with E-state index in [4.69, 9.17) is 5.73 Å². The van der Waals surface area contributed by atoms with Gasteiger partial charge in [-0.3, -0.25) is 25.5 Å². The molecule has 4 rings (SSSR count). The van der Waals surface area contributed by atoms with Gasteiger partial charge >= 0.3 is 18.5 Å². The number of amides is 1. The smallest absolute Gasteiger partial charge is 0.387 e. The van der Waals surface area contributed by atoms with Crippen LogP contribution in [0.15, 0.2) is 61.1 Å². The number of halogens is 2. The Labute approximate surface area is 177 Å². The molecule has 0 bridgehead atoms. The number of guanidine groups is 1. The molecule has 2 aromatic heterocycles. The molecular weight excluding hydrogens is 404 g/mol. The van der Waals surface area contributed by atoms with Crippen molar-refractivity contribution in [2.75, 3.05) is 7.05 Å². The van der Waals surface area contributed by atoms with Crippen molar-refractivity contribution >= 4 is 11.9 Å². The molecule has 7 nitrogen and oxygen atoms in total. The SMILES string of the molecule is Cc1cc(C2(c3ccnc(-c4cccnc4)c3)[NH+]=C(N)N(C)C2=O)ccc1OC(F)F. The molecule has 0 saturated heterocycles. The van der Waals surface area contributed by atoms with Crippen LogP contribution in [0.25, 0.3) is 11.3 Å². The molecule has 3 aromatic rings. The molecule has 0 spiro atoms. The third-order valence-electron chi connectivity index (χ3n) is 5.28. The fourth-order valence-corrected chi connectivity index (χ4v) is 3.70. The van der Waals surface area contributed by atoms with E-state index in [-0.39, 0.29) is 17.6 Å². The van der Waals surface area contributed by atoms with E-state index in [1.54, 1.807) is 62.9 Å². The number of aromatic nitrogens is 2. The van der Waals surface area contributed by atoms with Gasteiger partial charge in [-0.15, -0.1) is 0 Å². The van der Waals surface area contributed by atoms with Crippen LogP contribution < -0.4 is 15.5 Å². The van der Waals surface area contributed by atoms with Crippen molar-refractivity contribution in [3.8, 4) is 17.0 Å². The normalized spacial score (nSPS) is 18.4. The molecule has 0 radical (unpaired) electrons. The molecule has 1 aliphatic heterocycles. The Bertz CT molecular complexity index is 1170. The van der Waals surface area contributed by atoms with Crippen LogP contribution in [-0.4, -0.2) is 40.4 Å². The average molecular weight is 424 g/mol. The molecule has 1 aromatic carbocycles. The molecule has 9 heteroatoms. The number of nitrogens with one attached hydrogen (secondary N) is 1. The van der Waals surface area contributed by atoms with Crippen LogP contribution in [0.3, 0.4) is 0 Å². The highest BCUT2D eigenvalue weighted by Crippen LogP contribution is 2.34. The van der Waals surface area contributed by atoms with Crippen LogP contribution in [0.4, 0.5) is 8.78 Å². The molecule has 1 atom stereocenters. The average Bonchev–Trinajstić information content (AvgIpc) is 3.00. The predicted octanol–water partition coefficient (Wildman–Crippen LogP) is 1.16. The van der Waals surface area contributed by atoms with E-state index in [0.717, 1.165) is 5.56 Å². The van der Waals surface area contributed by atoms with E-state index >= 15 is 0 Å². The first-order valence-corrected chi connectivity index (χ1v) is 9.44. The van der Waals surface area contributed by atoms with Crippen LogP contribution in [0, 0.1) is 6.92 Å². The lowest BCUT2D eigenvalue weighted by Crippen LogP contribution is -2.85. The summed E-state index contributed by atoms with van der Waals surface area (Å²) in [4.78, 5) is 26.4. The number of benzene rings is 1. The molecule has 1 aliphatic rings. The van der Waals surface area contributed by atoms with E-state index in [2.05, 4.69) is 19.7 Å². The first-order valence-electron chi connectivity index (χ1n) is 9.44. The molecule has 0 fully saturated rings. The Kier molecular flexibility index (Phi) is 5.10. The number of hydrogen-bond donors (Lipinski definition) is 2. The van der Waals surface area contributed by atoms with E-state index in [1.807, 2.05) is 6.07 Å². The van der Waals surface area contributed by atoms with Crippen LogP contribution >= 0.6 is 0 Å². The summed E-state index contributed by atoms with van der Waals surface area (Å²) in [5.74, 6) is -0.0963. The highest BCUT2D eigenvalue weighted by Gasteiger charge is 2.54. The molecular formula is C22H20F2N5O2+. The minimum atomic E-state index is -2.94. The predicted molar refractivity (Wildman–Crippen MR) is 109 cm³/mol. The second-order valence-electron chi connectivity index (χ2n) is 7.15. The summed E-state index contributed by atoms with van der Waals surface area (Å²) in [6, 6.07) is 11.8. The number of alkyl halides is 2. The lowest BCUT2D eigenvalue weighted by Gasteiger charge is -2.24. The highest BCUT2D eigenvalue weighted by atomic mass is 19.3. The number of rotatable bonds is 5. The Morgan fingerprint density at radius 3 is 2.55 bits per heavy atom. The summed E-state index contributed by atoms with van der Waals surface area (Å²) in [6.07, 6.45) is 4.94. The molecule has 31 heavy (non-hydrogen) atoms. The zero-order valence-electron chi connectivity index (χ0n) is 16.8. The topological polar surface area (TPSA) is 95.3 Å². The Balaban J connectivity index is 1.90. The lowest BCUT2D eigenvalue weighted by molar-refractivity contribution is -0.525. The van der Waals surface area contributed by atoms with E-state index in [0.29, 0.717) is 22.4 Å². The number of hydrogen-bond acceptors (Lipinski definition) is 5. The number of nitrogens with two attached hydrogens (primary N) is 1. The summed E-state index contributed by atoms with van der Waals surface area (Å²) < 4.78 is 29.9. The number of carbonyl (C=O) groups excluding carboxylic acids is 1. The van der Waals surface area contributed by atoms with Gasteiger partial charge in [0, 0.05) is 35.3 Å². The standard InChI is InChI=1S/C22H19F2N5O2/c1-13-10-15(5-6-18(13)31-20(23)24)22(19(30)29(2)21(25)28-22)16-7-9-27-17(11-16)14-4-3-8-26-12-14/h3-12,20H,1-2H3,(H2,25,28)/p+1. The Hall–Kier alpha value is -3.88. The minimum absolute atomic E-state index is 0.0374. The highest BCUT2D eigenvalue weighted by molar-refractivity contribution is 6.03. The maximum absolute atomic E-state index is 13.4. The first-order chi connectivity index (χ1) is 14.8. The van der Waals surface area contributed by atoms with Crippen LogP contribution in [0.1, 0.15) is 16.7 Å². The van der Waals surface area contributed by atoms with Crippen LogP contribution in [0.5, 0.6) is 5.75 Å². The van der Waals surface area contributed by atoms with Gasteiger partial charge in [-0.25, -0.2) is 4.90 Å².